The number of thiazole rings is 1. The minimum Gasteiger partial charge on any atom is -0.481 e. The van der Waals surface area contributed by atoms with E-state index in [-0.39, 0.29) is 30.7 Å². The summed E-state index contributed by atoms with van der Waals surface area (Å²) >= 11 is 1.31. The topological polar surface area (TPSA) is 153 Å². The van der Waals surface area contributed by atoms with Crippen LogP contribution in [0.2, 0.25) is 0 Å². The number of carboxylic acids is 2. The first-order chi connectivity index (χ1) is 16.8. The second kappa shape index (κ2) is 16.5. The van der Waals surface area contributed by atoms with Crippen LogP contribution < -0.4 is 16.0 Å². The van der Waals surface area contributed by atoms with Gasteiger partial charge in [0.15, 0.2) is 11.1 Å². The van der Waals surface area contributed by atoms with E-state index < -0.39 is 11.9 Å². The van der Waals surface area contributed by atoms with Crippen LogP contribution in [-0.2, 0) is 9.59 Å². The third-order valence-electron chi connectivity index (χ3n) is 5.08. The molecule has 198 valence electrons. The summed E-state index contributed by atoms with van der Waals surface area (Å²) in [6, 6.07) is 9.74. The van der Waals surface area contributed by atoms with Gasteiger partial charge >= 0.3 is 5.97 Å². The van der Waals surface area contributed by atoms with Crippen molar-refractivity contribution >= 4 is 52.7 Å². The SMILES string of the molecule is CC(=O)O.Cc1nc(NC2=NCCCN2)sc1C(=O)NCCCCC(CC(=O)O)c1ccccc1.Cl. The summed E-state index contributed by atoms with van der Waals surface area (Å²) in [7, 11) is 0. The summed E-state index contributed by atoms with van der Waals surface area (Å²) in [5.74, 6) is -1.07. The highest BCUT2D eigenvalue weighted by Gasteiger charge is 2.17. The molecule has 0 bridgehead atoms. The molecule has 0 radical (unpaired) electrons. The normalized spacial score (nSPS) is 13.0. The van der Waals surface area contributed by atoms with Gasteiger partial charge in [0.25, 0.3) is 11.9 Å². The largest absolute Gasteiger partial charge is 0.481 e. The number of nitrogens with zero attached hydrogens (tertiary/aromatic N) is 2. The molecular weight excluding hydrogens is 506 g/mol. The van der Waals surface area contributed by atoms with E-state index in [2.05, 4.69) is 25.9 Å². The Hall–Kier alpha value is -3.18. The minimum atomic E-state index is -0.833. The number of carboxylic acid groups (broad SMARTS) is 2. The molecule has 2 heterocycles. The summed E-state index contributed by atoms with van der Waals surface area (Å²) in [5.41, 5.74) is 1.73. The Morgan fingerprint density at radius 3 is 2.47 bits per heavy atom. The number of aryl methyl sites for hydroxylation is 1. The highest BCUT2D eigenvalue weighted by molar-refractivity contribution is 7.17. The predicted octanol–water partition coefficient (Wildman–Crippen LogP) is 3.88. The standard InChI is InChI=1S/C22H29N5O3S.C2H4O2.ClH/c1-15-19(31-22(26-15)27-21-24-12-7-13-25-21)20(30)23-11-6-5-10-17(14-18(28)29)16-8-3-2-4-9-16;1-2(3)4;/h2-4,8-9,17H,5-7,10-14H2,1H3,(H,23,30)(H,28,29)(H2,24,25,26,27);1H3,(H,3,4);1H. The van der Waals surface area contributed by atoms with E-state index in [4.69, 9.17) is 9.90 Å². The molecule has 1 aromatic heterocycles. The number of aromatic nitrogens is 1. The quantitative estimate of drug-likeness (QED) is 0.285. The van der Waals surface area contributed by atoms with Crippen molar-refractivity contribution in [2.45, 2.75) is 51.9 Å². The smallest absolute Gasteiger partial charge is 0.303 e. The second-order valence-electron chi connectivity index (χ2n) is 8.05. The number of carbonyl (C=O) groups excluding carboxylic acids is 1. The number of aliphatic imine (C=N–C) groups is 1. The number of guanidine groups is 1. The van der Waals surface area contributed by atoms with Crippen molar-refractivity contribution in [3.63, 3.8) is 0 Å². The van der Waals surface area contributed by atoms with Gasteiger partial charge < -0.3 is 26.2 Å². The van der Waals surface area contributed by atoms with Crippen molar-refractivity contribution in [1.29, 1.82) is 0 Å². The Morgan fingerprint density at radius 1 is 1.17 bits per heavy atom. The summed E-state index contributed by atoms with van der Waals surface area (Å²) in [6.45, 7) is 5.11. The Bertz CT molecular complexity index is 1010. The maximum absolute atomic E-state index is 12.5. The summed E-state index contributed by atoms with van der Waals surface area (Å²) in [4.78, 5) is 42.1. The fraction of sp³-hybridized carbons (Fsp3) is 0.458. The molecule has 12 heteroatoms. The number of rotatable bonds is 10. The van der Waals surface area contributed by atoms with Crippen LogP contribution in [0.1, 0.15) is 65.9 Å². The van der Waals surface area contributed by atoms with E-state index in [1.165, 1.54) is 11.3 Å². The zero-order valence-corrected chi connectivity index (χ0v) is 22.1. The van der Waals surface area contributed by atoms with Crippen LogP contribution in [0.5, 0.6) is 0 Å². The first-order valence-electron chi connectivity index (χ1n) is 11.5. The van der Waals surface area contributed by atoms with Crippen LogP contribution in [0, 0.1) is 6.92 Å². The van der Waals surface area contributed by atoms with Crippen LogP contribution in [0.4, 0.5) is 5.13 Å². The number of carbonyl (C=O) groups is 3. The molecule has 2 aromatic rings. The van der Waals surface area contributed by atoms with Crippen molar-refractivity contribution in [3.8, 4) is 0 Å². The number of hydrogen-bond donors (Lipinski definition) is 5. The zero-order valence-electron chi connectivity index (χ0n) is 20.5. The molecule has 0 spiro atoms. The second-order valence-corrected chi connectivity index (χ2v) is 9.04. The molecule has 0 saturated carbocycles. The summed E-state index contributed by atoms with van der Waals surface area (Å²) < 4.78 is 0. The van der Waals surface area contributed by atoms with Crippen LogP contribution in [0.3, 0.4) is 0 Å². The van der Waals surface area contributed by atoms with Crippen LogP contribution in [-0.4, -0.2) is 58.6 Å². The number of amides is 1. The number of hydrogen-bond acceptors (Lipinski definition) is 8. The van der Waals surface area contributed by atoms with E-state index >= 15 is 0 Å². The molecule has 1 atom stereocenters. The van der Waals surface area contributed by atoms with Gasteiger partial charge in [-0.3, -0.25) is 19.4 Å². The molecule has 1 amide bonds. The Morgan fingerprint density at radius 2 is 1.86 bits per heavy atom. The molecule has 3 rings (SSSR count). The van der Waals surface area contributed by atoms with E-state index in [1.807, 2.05) is 37.3 Å². The van der Waals surface area contributed by atoms with Crippen LogP contribution in [0.25, 0.3) is 0 Å². The van der Waals surface area contributed by atoms with E-state index in [0.717, 1.165) is 51.3 Å². The lowest BCUT2D eigenvalue weighted by molar-refractivity contribution is -0.137. The van der Waals surface area contributed by atoms with Gasteiger partial charge in [-0.05, 0) is 37.7 Å². The van der Waals surface area contributed by atoms with Crippen LogP contribution in [0.15, 0.2) is 35.3 Å². The number of anilines is 1. The minimum absolute atomic E-state index is 0. The summed E-state index contributed by atoms with van der Waals surface area (Å²) in [5, 5.41) is 26.5. The number of nitrogens with one attached hydrogen (secondary N) is 3. The van der Waals surface area contributed by atoms with Gasteiger partial charge in [-0.2, -0.15) is 0 Å². The fourth-order valence-electron chi connectivity index (χ4n) is 3.50. The number of aliphatic carboxylic acids is 2. The van der Waals surface area contributed by atoms with Crippen LogP contribution >= 0.6 is 23.7 Å². The number of unbranched alkanes of at least 4 members (excludes halogenated alkanes) is 1. The molecule has 1 unspecified atom stereocenters. The predicted molar refractivity (Wildman–Crippen MR) is 144 cm³/mol. The van der Waals surface area contributed by atoms with Crippen molar-refractivity contribution in [3.05, 3.63) is 46.5 Å². The number of benzene rings is 1. The third kappa shape index (κ3) is 11.5. The maximum atomic E-state index is 12.5. The van der Waals surface area contributed by atoms with Gasteiger partial charge in [0.1, 0.15) is 4.88 Å². The molecule has 0 aliphatic carbocycles. The van der Waals surface area contributed by atoms with Gasteiger partial charge in [-0.25, -0.2) is 4.98 Å². The first-order valence-corrected chi connectivity index (χ1v) is 12.3. The van der Waals surface area contributed by atoms with Crippen molar-refractivity contribution < 1.29 is 24.6 Å². The Balaban J connectivity index is 0.00000120. The van der Waals surface area contributed by atoms with Gasteiger partial charge in [0.2, 0.25) is 0 Å². The molecule has 1 aliphatic rings. The lowest BCUT2D eigenvalue weighted by Crippen LogP contribution is -2.35. The Labute approximate surface area is 221 Å². The molecule has 5 N–H and O–H groups in total. The average Bonchev–Trinajstić information content (AvgIpc) is 3.18. The number of halogens is 1. The van der Waals surface area contributed by atoms with Gasteiger partial charge in [-0.1, -0.05) is 48.1 Å². The molecule has 36 heavy (non-hydrogen) atoms. The van der Waals surface area contributed by atoms with Gasteiger partial charge in [0.05, 0.1) is 12.1 Å². The lowest BCUT2D eigenvalue weighted by atomic mass is 9.90. The molecule has 10 nitrogen and oxygen atoms in total. The zero-order chi connectivity index (χ0) is 25.6. The molecule has 1 aliphatic heterocycles. The van der Waals surface area contributed by atoms with Crippen molar-refractivity contribution in [2.24, 2.45) is 4.99 Å². The Kier molecular flexibility index (Phi) is 14.1. The first kappa shape index (κ1) is 30.9. The third-order valence-corrected chi connectivity index (χ3v) is 6.15. The molecular formula is C24H34ClN5O5S. The highest BCUT2D eigenvalue weighted by atomic mass is 35.5. The van der Waals surface area contributed by atoms with Crippen molar-refractivity contribution in [1.82, 2.24) is 15.6 Å². The maximum Gasteiger partial charge on any atom is 0.303 e. The van der Waals surface area contributed by atoms with Crippen molar-refractivity contribution in [2.75, 3.05) is 25.0 Å². The molecule has 1 aromatic carbocycles. The van der Waals surface area contributed by atoms with Gasteiger partial charge in [-0.15, -0.1) is 12.4 Å². The summed E-state index contributed by atoms with van der Waals surface area (Å²) in [6.07, 6.45) is 3.53. The monoisotopic (exact) mass is 539 g/mol. The average molecular weight is 540 g/mol. The van der Waals surface area contributed by atoms with E-state index in [1.54, 1.807) is 0 Å². The molecule has 0 fully saturated rings. The molecule has 0 saturated heterocycles. The van der Waals surface area contributed by atoms with Gasteiger partial charge in [0, 0.05) is 26.6 Å². The van der Waals surface area contributed by atoms with E-state index in [0.29, 0.717) is 28.2 Å². The van der Waals surface area contributed by atoms with E-state index in [9.17, 15) is 14.7 Å². The highest BCUT2D eigenvalue weighted by Crippen LogP contribution is 2.26. The lowest BCUT2D eigenvalue weighted by Gasteiger charge is -2.15. The fourth-order valence-corrected chi connectivity index (χ4v) is 4.38.